The molecule has 0 aromatic rings. The summed E-state index contributed by atoms with van der Waals surface area (Å²) in [6.07, 6.45) is 1.95. The average molecular weight is 169 g/mol. The predicted molar refractivity (Wildman–Crippen MR) is 54.0 cm³/mol. The number of nitrogens with zero attached hydrogens (tertiary/aromatic N) is 3. The minimum absolute atomic E-state index is 0.513. The Labute approximate surface area is 75.4 Å². The van der Waals surface area contributed by atoms with Gasteiger partial charge in [-0.15, -0.1) is 0 Å². The number of rotatable bonds is 4. The molecule has 0 aromatic heterocycles. The van der Waals surface area contributed by atoms with Crippen LogP contribution in [0.4, 0.5) is 0 Å². The van der Waals surface area contributed by atoms with Gasteiger partial charge in [-0.05, 0) is 20.8 Å². The molecule has 0 heterocycles. The molecular formula is C9H19N3. The Morgan fingerprint density at radius 3 is 2.25 bits per heavy atom. The zero-order chi connectivity index (χ0) is 9.72. The highest BCUT2D eigenvalue weighted by molar-refractivity contribution is 5.22. The van der Waals surface area contributed by atoms with Gasteiger partial charge in [0.15, 0.2) is 0 Å². The lowest BCUT2D eigenvalue weighted by atomic mass is 10.3. The SMILES string of the molecule is C=NN(C)/C=C(/C)N(C)C(C)C. The number of hydrogen-bond donors (Lipinski definition) is 0. The summed E-state index contributed by atoms with van der Waals surface area (Å²) < 4.78 is 0. The molecule has 3 heteroatoms. The maximum atomic E-state index is 3.75. The third-order valence-corrected chi connectivity index (χ3v) is 1.93. The summed E-state index contributed by atoms with van der Waals surface area (Å²) in [4.78, 5) is 2.18. The lowest BCUT2D eigenvalue weighted by Gasteiger charge is -2.25. The van der Waals surface area contributed by atoms with Crippen LogP contribution in [0.15, 0.2) is 17.0 Å². The van der Waals surface area contributed by atoms with Gasteiger partial charge in [0, 0.05) is 38.8 Å². The van der Waals surface area contributed by atoms with Gasteiger partial charge in [0.05, 0.1) is 0 Å². The molecule has 0 N–H and O–H groups in total. The van der Waals surface area contributed by atoms with Crippen LogP contribution in [0.25, 0.3) is 0 Å². The Bertz CT molecular complexity index is 173. The van der Waals surface area contributed by atoms with Crippen LogP contribution in [0, 0.1) is 0 Å². The van der Waals surface area contributed by atoms with Crippen molar-refractivity contribution in [2.24, 2.45) is 5.10 Å². The van der Waals surface area contributed by atoms with E-state index in [1.165, 1.54) is 5.70 Å². The van der Waals surface area contributed by atoms with E-state index in [1.54, 1.807) is 5.01 Å². The molecule has 0 saturated carbocycles. The van der Waals surface area contributed by atoms with Crippen LogP contribution < -0.4 is 0 Å². The molecule has 0 aromatic carbocycles. The number of allylic oxidation sites excluding steroid dienone is 1. The van der Waals surface area contributed by atoms with Crippen molar-refractivity contribution < 1.29 is 0 Å². The van der Waals surface area contributed by atoms with Crippen molar-refractivity contribution in [2.45, 2.75) is 26.8 Å². The number of hydrazone groups is 1. The van der Waals surface area contributed by atoms with Gasteiger partial charge in [0.2, 0.25) is 0 Å². The molecule has 0 spiro atoms. The highest BCUT2D eigenvalue weighted by atomic mass is 15.4. The van der Waals surface area contributed by atoms with Crippen molar-refractivity contribution in [2.75, 3.05) is 14.1 Å². The highest BCUT2D eigenvalue weighted by Crippen LogP contribution is 2.05. The van der Waals surface area contributed by atoms with Gasteiger partial charge < -0.3 is 4.90 Å². The van der Waals surface area contributed by atoms with E-state index >= 15 is 0 Å². The van der Waals surface area contributed by atoms with Gasteiger partial charge in [-0.25, -0.2) is 0 Å². The molecule has 0 rings (SSSR count). The average Bonchev–Trinajstić information content (AvgIpc) is 2.02. The molecule has 0 aliphatic rings. The van der Waals surface area contributed by atoms with Crippen LogP contribution in [-0.4, -0.2) is 36.8 Å². The third kappa shape index (κ3) is 3.42. The van der Waals surface area contributed by atoms with Crippen molar-refractivity contribution in [3.63, 3.8) is 0 Å². The molecule has 0 radical (unpaired) electrons. The molecule has 70 valence electrons. The fourth-order valence-corrected chi connectivity index (χ4v) is 0.810. The Hall–Kier alpha value is -0.990. The van der Waals surface area contributed by atoms with Gasteiger partial charge in [-0.2, -0.15) is 5.10 Å². The minimum atomic E-state index is 0.513. The standard InChI is InChI=1S/C9H19N3/c1-8(2)12(6)9(3)7-11(5)10-4/h7-8H,4H2,1-3,5-6H3/b9-7-. The van der Waals surface area contributed by atoms with E-state index < -0.39 is 0 Å². The van der Waals surface area contributed by atoms with Crippen molar-refractivity contribution in [3.8, 4) is 0 Å². The first kappa shape index (κ1) is 11.0. The molecule has 0 saturated heterocycles. The first-order valence-corrected chi connectivity index (χ1v) is 4.09. The van der Waals surface area contributed by atoms with Crippen LogP contribution in [0.3, 0.4) is 0 Å². The van der Waals surface area contributed by atoms with E-state index in [1.807, 2.05) is 13.2 Å². The summed E-state index contributed by atoms with van der Waals surface area (Å²) in [5, 5.41) is 5.45. The van der Waals surface area contributed by atoms with Crippen LogP contribution in [0.1, 0.15) is 20.8 Å². The van der Waals surface area contributed by atoms with Crippen LogP contribution in [0.5, 0.6) is 0 Å². The zero-order valence-electron chi connectivity index (χ0n) is 8.70. The monoisotopic (exact) mass is 169 g/mol. The lowest BCUT2D eigenvalue weighted by molar-refractivity contribution is 0.332. The van der Waals surface area contributed by atoms with Gasteiger partial charge in [-0.1, -0.05) is 0 Å². The van der Waals surface area contributed by atoms with Gasteiger partial charge in [-0.3, -0.25) is 5.01 Å². The fraction of sp³-hybridized carbons (Fsp3) is 0.667. The van der Waals surface area contributed by atoms with E-state index in [4.69, 9.17) is 0 Å². The second-order valence-corrected chi connectivity index (χ2v) is 3.19. The van der Waals surface area contributed by atoms with Gasteiger partial charge in [0.1, 0.15) is 0 Å². The smallest absolute Gasteiger partial charge is 0.0417 e. The van der Waals surface area contributed by atoms with Crippen LogP contribution >= 0.6 is 0 Å². The molecule has 0 aliphatic heterocycles. The molecule has 0 unspecified atom stereocenters. The number of hydrogen-bond acceptors (Lipinski definition) is 3. The van der Waals surface area contributed by atoms with Crippen molar-refractivity contribution in [3.05, 3.63) is 11.9 Å². The summed E-state index contributed by atoms with van der Waals surface area (Å²) in [5.74, 6) is 0. The van der Waals surface area contributed by atoms with E-state index in [0.717, 1.165) is 0 Å². The first-order chi connectivity index (χ1) is 5.49. The normalized spacial score (nSPS) is 11.7. The minimum Gasteiger partial charge on any atom is -0.374 e. The Morgan fingerprint density at radius 1 is 1.42 bits per heavy atom. The second kappa shape index (κ2) is 4.80. The van der Waals surface area contributed by atoms with Crippen molar-refractivity contribution >= 4 is 6.72 Å². The van der Waals surface area contributed by atoms with Crippen LogP contribution in [-0.2, 0) is 0 Å². The molecule has 0 amide bonds. The molecule has 0 atom stereocenters. The maximum absolute atomic E-state index is 3.75. The summed E-state index contributed by atoms with van der Waals surface area (Å²) in [6.45, 7) is 9.79. The largest absolute Gasteiger partial charge is 0.374 e. The second-order valence-electron chi connectivity index (χ2n) is 3.19. The first-order valence-electron chi connectivity index (χ1n) is 4.09. The van der Waals surface area contributed by atoms with E-state index in [-0.39, 0.29) is 0 Å². The molecule has 0 fully saturated rings. The van der Waals surface area contributed by atoms with E-state index in [2.05, 4.69) is 44.5 Å². The summed E-state index contributed by atoms with van der Waals surface area (Å²) in [7, 11) is 3.93. The zero-order valence-corrected chi connectivity index (χ0v) is 8.70. The highest BCUT2D eigenvalue weighted by Gasteiger charge is 2.03. The molecular weight excluding hydrogens is 150 g/mol. The molecule has 12 heavy (non-hydrogen) atoms. The quantitative estimate of drug-likeness (QED) is 0.471. The summed E-state index contributed by atoms with van der Waals surface area (Å²) in [5.41, 5.74) is 1.18. The summed E-state index contributed by atoms with van der Waals surface area (Å²) in [6, 6.07) is 0.513. The van der Waals surface area contributed by atoms with Gasteiger partial charge >= 0.3 is 0 Å². The van der Waals surface area contributed by atoms with Crippen molar-refractivity contribution in [1.82, 2.24) is 9.91 Å². The summed E-state index contributed by atoms with van der Waals surface area (Å²) >= 11 is 0. The van der Waals surface area contributed by atoms with Crippen LogP contribution in [0.2, 0.25) is 0 Å². The van der Waals surface area contributed by atoms with E-state index in [0.29, 0.717) is 6.04 Å². The van der Waals surface area contributed by atoms with E-state index in [9.17, 15) is 0 Å². The Morgan fingerprint density at radius 2 is 1.92 bits per heavy atom. The topological polar surface area (TPSA) is 18.8 Å². The van der Waals surface area contributed by atoms with Crippen molar-refractivity contribution in [1.29, 1.82) is 0 Å². The predicted octanol–water partition coefficient (Wildman–Crippen LogP) is 1.74. The van der Waals surface area contributed by atoms with Gasteiger partial charge in [0.25, 0.3) is 0 Å². The maximum Gasteiger partial charge on any atom is 0.0417 e. The Balaban J connectivity index is 4.25. The fourth-order valence-electron chi connectivity index (χ4n) is 0.810. The Kier molecular flexibility index (Phi) is 4.40. The molecule has 0 bridgehead atoms. The third-order valence-electron chi connectivity index (χ3n) is 1.93. The molecule has 3 nitrogen and oxygen atoms in total. The lowest BCUT2D eigenvalue weighted by Crippen LogP contribution is -2.25. The molecule has 0 aliphatic carbocycles.